The number of fused-ring (bicyclic) bond motifs is 1. The highest BCUT2D eigenvalue weighted by atomic mass is 35.5. The maximum atomic E-state index is 12.5. The highest BCUT2D eigenvalue weighted by molar-refractivity contribution is 7.15. The summed E-state index contributed by atoms with van der Waals surface area (Å²) >= 11 is 7.47. The van der Waals surface area contributed by atoms with Gasteiger partial charge in [-0.05, 0) is 19.1 Å². The molecule has 1 aromatic carbocycles. The topological polar surface area (TPSA) is 64.9 Å². The molecule has 3 aromatic rings. The predicted molar refractivity (Wildman–Crippen MR) is 90.2 cm³/mol. The van der Waals surface area contributed by atoms with Crippen LogP contribution in [0.2, 0.25) is 5.15 Å². The number of thiazole rings is 1. The quantitative estimate of drug-likeness (QED) is 0.761. The molecule has 23 heavy (non-hydrogen) atoms. The summed E-state index contributed by atoms with van der Waals surface area (Å²) in [7, 11) is 1.55. The van der Waals surface area contributed by atoms with Crippen LogP contribution in [0.25, 0.3) is 4.96 Å². The number of carbonyl (C=O) groups is 1. The fourth-order valence-corrected chi connectivity index (χ4v) is 3.19. The van der Waals surface area contributed by atoms with Gasteiger partial charge in [-0.3, -0.25) is 9.20 Å². The number of benzene rings is 1. The van der Waals surface area contributed by atoms with Gasteiger partial charge in [0.1, 0.15) is 0 Å². The number of amides is 1. The summed E-state index contributed by atoms with van der Waals surface area (Å²) in [5.74, 6) is 0.826. The molecule has 0 aliphatic rings. The zero-order valence-electron chi connectivity index (χ0n) is 12.5. The number of rotatable bonds is 5. The number of nitrogens with zero attached hydrogens (tertiary/aromatic N) is 2. The van der Waals surface area contributed by atoms with Crippen LogP contribution in [0.5, 0.6) is 11.5 Å². The van der Waals surface area contributed by atoms with Gasteiger partial charge in [0.2, 0.25) is 0 Å². The van der Waals surface area contributed by atoms with Gasteiger partial charge in [0.25, 0.3) is 5.91 Å². The van der Waals surface area contributed by atoms with E-state index in [1.165, 1.54) is 11.3 Å². The highest BCUT2D eigenvalue weighted by Crippen LogP contribution is 2.31. The molecule has 8 heteroatoms. The van der Waals surface area contributed by atoms with Gasteiger partial charge in [0, 0.05) is 23.3 Å². The minimum absolute atomic E-state index is 0.173. The second kappa shape index (κ2) is 6.47. The number of halogens is 1. The van der Waals surface area contributed by atoms with Crippen LogP contribution in [-0.2, 0) is 0 Å². The number of carbonyl (C=O) groups excluding carboxylic acids is 1. The maximum absolute atomic E-state index is 12.5. The van der Waals surface area contributed by atoms with E-state index in [1.807, 2.05) is 12.3 Å². The second-order valence-electron chi connectivity index (χ2n) is 4.56. The molecule has 1 amide bonds. The normalized spacial score (nSPS) is 10.7. The molecule has 120 valence electrons. The molecule has 1 N–H and O–H groups in total. The van der Waals surface area contributed by atoms with Crippen molar-refractivity contribution in [3.63, 3.8) is 0 Å². The Balaban J connectivity index is 1.88. The summed E-state index contributed by atoms with van der Waals surface area (Å²) in [6.45, 7) is 2.42. The number of methoxy groups -OCH3 is 1. The Labute approximate surface area is 141 Å². The Kier molecular flexibility index (Phi) is 4.40. The van der Waals surface area contributed by atoms with Gasteiger partial charge >= 0.3 is 0 Å². The third-order valence-electron chi connectivity index (χ3n) is 3.16. The van der Waals surface area contributed by atoms with Crippen LogP contribution in [-0.4, -0.2) is 29.0 Å². The molecule has 2 heterocycles. The minimum Gasteiger partial charge on any atom is -0.493 e. The van der Waals surface area contributed by atoms with Crippen molar-refractivity contribution in [2.45, 2.75) is 6.92 Å². The Morgan fingerprint density at radius 2 is 2.26 bits per heavy atom. The Bertz CT molecular complexity index is 859. The largest absolute Gasteiger partial charge is 0.493 e. The summed E-state index contributed by atoms with van der Waals surface area (Å²) in [4.78, 5) is 17.3. The number of anilines is 1. The maximum Gasteiger partial charge on any atom is 0.275 e. The van der Waals surface area contributed by atoms with Gasteiger partial charge in [0.15, 0.2) is 27.3 Å². The van der Waals surface area contributed by atoms with Crippen LogP contribution in [0.3, 0.4) is 0 Å². The Hall–Kier alpha value is -2.25. The van der Waals surface area contributed by atoms with E-state index in [4.69, 9.17) is 21.1 Å². The Morgan fingerprint density at radius 3 is 3.00 bits per heavy atom. The van der Waals surface area contributed by atoms with E-state index in [2.05, 4.69) is 10.3 Å². The van der Waals surface area contributed by atoms with E-state index in [-0.39, 0.29) is 11.1 Å². The third kappa shape index (κ3) is 2.97. The molecule has 0 fully saturated rings. The molecule has 3 rings (SSSR count). The first-order valence-electron chi connectivity index (χ1n) is 6.87. The number of aromatic nitrogens is 2. The number of hydrogen-bond acceptors (Lipinski definition) is 5. The van der Waals surface area contributed by atoms with E-state index < -0.39 is 0 Å². The zero-order chi connectivity index (χ0) is 16.4. The predicted octanol–water partition coefficient (Wildman–Crippen LogP) is 3.71. The van der Waals surface area contributed by atoms with Gasteiger partial charge in [-0.1, -0.05) is 11.6 Å². The van der Waals surface area contributed by atoms with Crippen LogP contribution in [0.15, 0.2) is 29.8 Å². The fourth-order valence-electron chi connectivity index (χ4n) is 2.17. The molecule has 0 bridgehead atoms. The van der Waals surface area contributed by atoms with Crippen molar-refractivity contribution < 1.29 is 14.3 Å². The molecule has 0 unspecified atom stereocenters. The molecule has 0 aliphatic carbocycles. The first-order valence-corrected chi connectivity index (χ1v) is 8.13. The summed E-state index contributed by atoms with van der Waals surface area (Å²) in [6, 6.07) is 5.18. The fraction of sp³-hybridized carbons (Fsp3) is 0.200. The lowest BCUT2D eigenvalue weighted by molar-refractivity contribution is 0.102. The number of ether oxygens (including phenoxy) is 2. The Morgan fingerprint density at radius 1 is 1.43 bits per heavy atom. The van der Waals surface area contributed by atoms with Crippen molar-refractivity contribution in [3.05, 3.63) is 40.6 Å². The van der Waals surface area contributed by atoms with Crippen LogP contribution in [0.4, 0.5) is 5.69 Å². The molecule has 0 radical (unpaired) electrons. The lowest BCUT2D eigenvalue weighted by Crippen LogP contribution is -2.14. The number of imidazole rings is 1. The molecule has 0 saturated carbocycles. The zero-order valence-corrected chi connectivity index (χ0v) is 14.1. The molecule has 2 aromatic heterocycles. The molecule has 0 aliphatic heterocycles. The molecule has 0 spiro atoms. The monoisotopic (exact) mass is 351 g/mol. The van der Waals surface area contributed by atoms with Crippen molar-refractivity contribution in [3.8, 4) is 11.5 Å². The van der Waals surface area contributed by atoms with Crippen LogP contribution in [0, 0.1) is 0 Å². The van der Waals surface area contributed by atoms with E-state index in [1.54, 1.807) is 35.9 Å². The van der Waals surface area contributed by atoms with Gasteiger partial charge in [-0.15, -0.1) is 11.3 Å². The van der Waals surface area contributed by atoms with Crippen molar-refractivity contribution in [1.82, 2.24) is 9.38 Å². The van der Waals surface area contributed by atoms with Crippen LogP contribution < -0.4 is 14.8 Å². The van der Waals surface area contributed by atoms with E-state index in [0.29, 0.717) is 34.4 Å². The van der Waals surface area contributed by atoms with Gasteiger partial charge < -0.3 is 14.8 Å². The third-order valence-corrected chi connectivity index (χ3v) is 4.18. The highest BCUT2D eigenvalue weighted by Gasteiger charge is 2.19. The summed E-state index contributed by atoms with van der Waals surface area (Å²) < 4.78 is 12.4. The second-order valence-corrected chi connectivity index (χ2v) is 5.79. The first kappa shape index (κ1) is 15.6. The van der Waals surface area contributed by atoms with Crippen molar-refractivity contribution in [2.24, 2.45) is 0 Å². The lowest BCUT2D eigenvalue weighted by Gasteiger charge is -2.11. The van der Waals surface area contributed by atoms with Crippen molar-refractivity contribution >= 4 is 39.5 Å². The average Bonchev–Trinajstić information content (AvgIpc) is 3.08. The van der Waals surface area contributed by atoms with E-state index in [0.717, 1.165) is 0 Å². The van der Waals surface area contributed by atoms with Gasteiger partial charge in [-0.25, -0.2) is 4.98 Å². The molecular formula is C15H14ClN3O3S. The standard InChI is InChI=1S/C15H14ClN3O3S/c1-3-22-10-5-4-9(8-11(10)21-2)17-14(20)12-13(16)18-15-19(12)6-7-23-15/h4-8H,3H2,1-2H3,(H,17,20). The first-order chi connectivity index (χ1) is 11.1. The summed E-state index contributed by atoms with van der Waals surface area (Å²) in [5.41, 5.74) is 0.882. The number of hydrogen-bond donors (Lipinski definition) is 1. The summed E-state index contributed by atoms with van der Waals surface area (Å²) in [6.07, 6.45) is 1.76. The summed E-state index contributed by atoms with van der Waals surface area (Å²) in [5, 5.41) is 4.81. The SMILES string of the molecule is CCOc1ccc(NC(=O)c2c(Cl)nc3sccn23)cc1OC. The van der Waals surface area contributed by atoms with Gasteiger partial charge in [-0.2, -0.15) is 0 Å². The molecule has 0 saturated heterocycles. The number of nitrogens with one attached hydrogen (secondary N) is 1. The molecular weight excluding hydrogens is 338 g/mol. The minimum atomic E-state index is -0.341. The average molecular weight is 352 g/mol. The van der Waals surface area contributed by atoms with Crippen molar-refractivity contribution in [1.29, 1.82) is 0 Å². The van der Waals surface area contributed by atoms with Crippen LogP contribution in [0.1, 0.15) is 17.4 Å². The van der Waals surface area contributed by atoms with E-state index in [9.17, 15) is 4.79 Å². The van der Waals surface area contributed by atoms with Crippen LogP contribution >= 0.6 is 22.9 Å². The molecule has 6 nitrogen and oxygen atoms in total. The van der Waals surface area contributed by atoms with Crippen molar-refractivity contribution in [2.75, 3.05) is 19.0 Å². The van der Waals surface area contributed by atoms with E-state index >= 15 is 0 Å². The van der Waals surface area contributed by atoms with Gasteiger partial charge in [0.05, 0.1) is 13.7 Å². The molecule has 0 atom stereocenters. The smallest absolute Gasteiger partial charge is 0.275 e. The lowest BCUT2D eigenvalue weighted by atomic mass is 10.2.